The lowest BCUT2D eigenvalue weighted by Crippen LogP contribution is -2.43. The zero-order valence-electron chi connectivity index (χ0n) is 11.3. The summed E-state index contributed by atoms with van der Waals surface area (Å²) in [5.74, 6) is 0.303. The highest BCUT2D eigenvalue weighted by Crippen LogP contribution is 2.18. The SMILES string of the molecule is CC(C)C(C)C(CO)NS(=O)(=O)c1ccc(Cl)cc1. The molecule has 19 heavy (non-hydrogen) atoms. The Hall–Kier alpha value is -0.620. The fourth-order valence-electron chi connectivity index (χ4n) is 1.66. The van der Waals surface area contributed by atoms with Gasteiger partial charge in [-0.25, -0.2) is 13.1 Å². The van der Waals surface area contributed by atoms with E-state index in [0.717, 1.165) is 0 Å². The lowest BCUT2D eigenvalue weighted by molar-refractivity contribution is 0.197. The number of hydrogen-bond donors (Lipinski definition) is 2. The summed E-state index contributed by atoms with van der Waals surface area (Å²) in [5.41, 5.74) is 0. The zero-order chi connectivity index (χ0) is 14.6. The van der Waals surface area contributed by atoms with Gasteiger partial charge in [0.05, 0.1) is 11.5 Å². The van der Waals surface area contributed by atoms with Crippen LogP contribution in [0.2, 0.25) is 5.02 Å². The molecule has 1 aromatic carbocycles. The van der Waals surface area contributed by atoms with Gasteiger partial charge in [-0.2, -0.15) is 0 Å². The molecule has 0 aromatic heterocycles. The van der Waals surface area contributed by atoms with Gasteiger partial charge in [-0.1, -0.05) is 32.4 Å². The molecule has 4 nitrogen and oxygen atoms in total. The van der Waals surface area contributed by atoms with Crippen LogP contribution in [0.1, 0.15) is 20.8 Å². The van der Waals surface area contributed by atoms with Crippen LogP contribution in [0.4, 0.5) is 0 Å². The van der Waals surface area contributed by atoms with Gasteiger partial charge in [0.15, 0.2) is 0 Å². The van der Waals surface area contributed by atoms with E-state index in [0.29, 0.717) is 5.02 Å². The predicted octanol–water partition coefficient (Wildman–Crippen LogP) is 2.27. The Morgan fingerprint density at radius 1 is 1.21 bits per heavy atom. The van der Waals surface area contributed by atoms with Crippen molar-refractivity contribution in [3.63, 3.8) is 0 Å². The van der Waals surface area contributed by atoms with E-state index in [9.17, 15) is 13.5 Å². The summed E-state index contributed by atoms with van der Waals surface area (Å²) in [6, 6.07) is 5.44. The van der Waals surface area contributed by atoms with Crippen LogP contribution in [-0.2, 0) is 10.0 Å². The van der Waals surface area contributed by atoms with Crippen molar-refractivity contribution in [2.24, 2.45) is 11.8 Å². The minimum Gasteiger partial charge on any atom is -0.395 e. The quantitative estimate of drug-likeness (QED) is 0.847. The van der Waals surface area contributed by atoms with E-state index >= 15 is 0 Å². The monoisotopic (exact) mass is 305 g/mol. The summed E-state index contributed by atoms with van der Waals surface area (Å²) in [6.45, 7) is 5.66. The van der Waals surface area contributed by atoms with Gasteiger partial charge in [-0.3, -0.25) is 0 Å². The van der Waals surface area contributed by atoms with Gasteiger partial charge in [-0.05, 0) is 36.1 Å². The van der Waals surface area contributed by atoms with E-state index in [2.05, 4.69) is 4.72 Å². The number of nitrogens with one attached hydrogen (secondary N) is 1. The van der Waals surface area contributed by atoms with Crippen LogP contribution in [-0.4, -0.2) is 26.2 Å². The van der Waals surface area contributed by atoms with Crippen molar-refractivity contribution in [2.45, 2.75) is 31.7 Å². The molecule has 0 aliphatic heterocycles. The molecule has 0 spiro atoms. The first-order valence-corrected chi connectivity index (χ1v) is 8.02. The molecule has 2 unspecified atom stereocenters. The van der Waals surface area contributed by atoms with Crippen molar-refractivity contribution < 1.29 is 13.5 Å². The maximum absolute atomic E-state index is 12.2. The predicted molar refractivity (Wildman–Crippen MR) is 76.6 cm³/mol. The van der Waals surface area contributed by atoms with Crippen LogP contribution in [0.25, 0.3) is 0 Å². The minimum absolute atomic E-state index is 0.0343. The summed E-state index contributed by atoms with van der Waals surface area (Å²) in [4.78, 5) is 0.145. The maximum Gasteiger partial charge on any atom is 0.240 e. The Bertz CT molecular complexity index is 499. The molecular weight excluding hydrogens is 286 g/mol. The minimum atomic E-state index is -3.64. The lowest BCUT2D eigenvalue weighted by atomic mass is 9.91. The highest BCUT2D eigenvalue weighted by Gasteiger charge is 2.25. The van der Waals surface area contributed by atoms with Gasteiger partial charge < -0.3 is 5.11 Å². The normalized spacial score (nSPS) is 15.5. The molecule has 2 N–H and O–H groups in total. The van der Waals surface area contributed by atoms with Crippen molar-refractivity contribution in [2.75, 3.05) is 6.61 Å². The van der Waals surface area contributed by atoms with Crippen LogP contribution in [0.15, 0.2) is 29.2 Å². The Morgan fingerprint density at radius 3 is 2.16 bits per heavy atom. The van der Waals surface area contributed by atoms with E-state index in [4.69, 9.17) is 11.6 Å². The molecule has 0 heterocycles. The fourth-order valence-corrected chi connectivity index (χ4v) is 3.10. The van der Waals surface area contributed by atoms with E-state index < -0.39 is 16.1 Å². The summed E-state index contributed by atoms with van der Waals surface area (Å²) in [5, 5.41) is 9.83. The second-order valence-electron chi connectivity index (χ2n) is 4.97. The molecule has 0 aliphatic carbocycles. The van der Waals surface area contributed by atoms with Crippen molar-refractivity contribution in [1.29, 1.82) is 0 Å². The molecule has 1 aromatic rings. The summed E-state index contributed by atoms with van der Waals surface area (Å²) >= 11 is 5.73. The van der Waals surface area contributed by atoms with Crippen LogP contribution in [0.5, 0.6) is 0 Å². The first kappa shape index (κ1) is 16.4. The molecule has 0 aliphatic rings. The largest absolute Gasteiger partial charge is 0.395 e. The van der Waals surface area contributed by atoms with Crippen LogP contribution < -0.4 is 4.72 Å². The molecule has 1 rings (SSSR count). The zero-order valence-corrected chi connectivity index (χ0v) is 12.9. The molecular formula is C13H20ClNO3S. The third kappa shape index (κ3) is 4.45. The van der Waals surface area contributed by atoms with Gasteiger partial charge in [-0.15, -0.1) is 0 Å². The van der Waals surface area contributed by atoms with E-state index in [1.807, 2.05) is 20.8 Å². The summed E-state index contributed by atoms with van der Waals surface area (Å²) < 4.78 is 26.9. The lowest BCUT2D eigenvalue weighted by Gasteiger charge is -2.26. The standard InChI is InChI=1S/C13H20ClNO3S/c1-9(2)10(3)13(8-16)15-19(17,18)12-6-4-11(14)5-7-12/h4-7,9-10,13,15-16H,8H2,1-3H3. The Labute approximate surface area is 119 Å². The molecule has 6 heteroatoms. The molecule has 2 atom stereocenters. The summed E-state index contributed by atoms with van der Waals surface area (Å²) in [7, 11) is -3.64. The topological polar surface area (TPSA) is 66.4 Å². The highest BCUT2D eigenvalue weighted by molar-refractivity contribution is 7.89. The maximum atomic E-state index is 12.2. The van der Waals surface area contributed by atoms with Gasteiger partial charge in [0, 0.05) is 11.1 Å². The molecule has 0 saturated carbocycles. The molecule has 0 saturated heterocycles. The van der Waals surface area contributed by atoms with Crippen molar-refractivity contribution >= 4 is 21.6 Å². The smallest absolute Gasteiger partial charge is 0.240 e. The first-order valence-electron chi connectivity index (χ1n) is 6.16. The Kier molecular flexibility index (Phi) is 5.80. The van der Waals surface area contributed by atoms with E-state index in [1.165, 1.54) is 24.3 Å². The fraction of sp³-hybridized carbons (Fsp3) is 0.538. The first-order chi connectivity index (χ1) is 8.77. The van der Waals surface area contributed by atoms with Gasteiger partial charge >= 0.3 is 0 Å². The van der Waals surface area contributed by atoms with Crippen molar-refractivity contribution in [1.82, 2.24) is 4.72 Å². The van der Waals surface area contributed by atoms with Crippen LogP contribution in [0.3, 0.4) is 0 Å². The number of aliphatic hydroxyl groups is 1. The van der Waals surface area contributed by atoms with Gasteiger partial charge in [0.1, 0.15) is 0 Å². The van der Waals surface area contributed by atoms with E-state index in [1.54, 1.807) is 0 Å². The number of benzene rings is 1. The number of halogens is 1. The molecule has 0 bridgehead atoms. The molecule has 0 radical (unpaired) electrons. The number of hydrogen-bond acceptors (Lipinski definition) is 3. The number of rotatable bonds is 6. The molecule has 108 valence electrons. The molecule has 0 amide bonds. The van der Waals surface area contributed by atoms with E-state index in [-0.39, 0.29) is 23.3 Å². The average Bonchev–Trinajstić information content (AvgIpc) is 2.35. The third-order valence-corrected chi connectivity index (χ3v) is 5.07. The highest BCUT2D eigenvalue weighted by atomic mass is 35.5. The summed E-state index contributed by atoms with van der Waals surface area (Å²) in [6.07, 6.45) is 0. The molecule has 0 fully saturated rings. The van der Waals surface area contributed by atoms with Crippen LogP contribution in [0, 0.1) is 11.8 Å². The Balaban J connectivity index is 2.92. The number of sulfonamides is 1. The van der Waals surface area contributed by atoms with Crippen molar-refractivity contribution in [3.05, 3.63) is 29.3 Å². The second kappa shape index (κ2) is 6.70. The number of aliphatic hydroxyl groups excluding tert-OH is 1. The average molecular weight is 306 g/mol. The van der Waals surface area contributed by atoms with Gasteiger partial charge in [0.2, 0.25) is 10.0 Å². The van der Waals surface area contributed by atoms with Crippen molar-refractivity contribution in [3.8, 4) is 0 Å². The van der Waals surface area contributed by atoms with Gasteiger partial charge in [0.25, 0.3) is 0 Å². The second-order valence-corrected chi connectivity index (χ2v) is 7.12. The van der Waals surface area contributed by atoms with Crippen LogP contribution >= 0.6 is 11.6 Å². The Morgan fingerprint density at radius 2 is 1.74 bits per heavy atom. The third-order valence-electron chi connectivity index (χ3n) is 3.31.